The van der Waals surface area contributed by atoms with Gasteiger partial charge in [-0.2, -0.15) is 0 Å². The lowest BCUT2D eigenvalue weighted by atomic mass is 10.1. The summed E-state index contributed by atoms with van der Waals surface area (Å²) < 4.78 is 0. The molecule has 0 fully saturated rings. The second kappa shape index (κ2) is 18.4. The summed E-state index contributed by atoms with van der Waals surface area (Å²) in [5, 5.41) is 20.0. The molecule has 0 aliphatic heterocycles. The molecule has 164 valence electrons. The number of aliphatic carboxylic acids is 1. The number of amides is 4. The van der Waals surface area contributed by atoms with Crippen molar-refractivity contribution in [3.63, 3.8) is 0 Å². The van der Waals surface area contributed by atoms with Gasteiger partial charge in [0.2, 0.25) is 0 Å². The molecule has 0 radical (unpaired) electrons. The van der Waals surface area contributed by atoms with Crippen molar-refractivity contribution < 1.29 is 19.5 Å². The van der Waals surface area contributed by atoms with Gasteiger partial charge in [0, 0.05) is 19.6 Å². The van der Waals surface area contributed by atoms with Gasteiger partial charge in [0.25, 0.3) is 0 Å². The molecule has 1 atom stereocenters. The van der Waals surface area contributed by atoms with Crippen molar-refractivity contribution in [1.82, 2.24) is 21.3 Å². The van der Waals surface area contributed by atoms with Crippen LogP contribution >= 0.6 is 0 Å². The van der Waals surface area contributed by atoms with Crippen molar-refractivity contribution in [2.75, 3.05) is 19.6 Å². The van der Waals surface area contributed by atoms with Crippen molar-refractivity contribution in [3.05, 3.63) is 0 Å². The third-order valence-electron chi connectivity index (χ3n) is 4.44. The SMILES string of the molecule is CCCCCCNC(=O)NCCCC[C@H](NC(=O)NCCCCCC)C(=O)O. The standard InChI is InChI=1S/C20H40N4O4/c1-3-5-7-10-14-21-19(27)22-16-12-9-13-17(18(25)26)24-20(28)23-15-11-8-6-4-2/h17H,3-16H2,1-2H3,(H,25,26)(H2,21,22,27)(H2,23,24,28)/t17-/m0/s1. The minimum Gasteiger partial charge on any atom is -0.480 e. The van der Waals surface area contributed by atoms with Gasteiger partial charge in [-0.05, 0) is 32.1 Å². The van der Waals surface area contributed by atoms with Crippen LogP contribution in [0.5, 0.6) is 0 Å². The van der Waals surface area contributed by atoms with Gasteiger partial charge in [0.15, 0.2) is 0 Å². The Morgan fingerprint density at radius 1 is 0.679 bits per heavy atom. The van der Waals surface area contributed by atoms with Crippen molar-refractivity contribution in [3.8, 4) is 0 Å². The Hall–Kier alpha value is -1.99. The molecule has 0 saturated heterocycles. The second-order valence-electron chi connectivity index (χ2n) is 7.09. The first-order valence-corrected chi connectivity index (χ1v) is 10.8. The fraction of sp³-hybridized carbons (Fsp3) is 0.850. The third-order valence-corrected chi connectivity index (χ3v) is 4.44. The van der Waals surface area contributed by atoms with Crippen molar-refractivity contribution in [1.29, 1.82) is 0 Å². The number of rotatable bonds is 17. The molecule has 8 heteroatoms. The number of carboxylic acids is 1. The monoisotopic (exact) mass is 400 g/mol. The van der Waals surface area contributed by atoms with Gasteiger partial charge in [-0.3, -0.25) is 0 Å². The van der Waals surface area contributed by atoms with Gasteiger partial charge in [-0.15, -0.1) is 0 Å². The lowest BCUT2D eigenvalue weighted by Crippen LogP contribution is -2.46. The zero-order chi connectivity index (χ0) is 21.0. The molecular formula is C20H40N4O4. The molecule has 0 heterocycles. The van der Waals surface area contributed by atoms with Gasteiger partial charge >= 0.3 is 18.0 Å². The van der Waals surface area contributed by atoms with Crippen molar-refractivity contribution in [2.45, 2.75) is 90.5 Å². The lowest BCUT2D eigenvalue weighted by molar-refractivity contribution is -0.139. The number of unbranched alkanes of at least 4 members (excludes halogenated alkanes) is 7. The molecule has 0 aromatic heterocycles. The van der Waals surface area contributed by atoms with E-state index in [0.717, 1.165) is 38.5 Å². The van der Waals surface area contributed by atoms with Crippen LogP contribution in [0.15, 0.2) is 0 Å². The van der Waals surface area contributed by atoms with E-state index in [4.69, 9.17) is 0 Å². The van der Waals surface area contributed by atoms with Crippen LogP contribution in [-0.4, -0.2) is 48.8 Å². The molecule has 0 saturated carbocycles. The van der Waals surface area contributed by atoms with E-state index in [1.54, 1.807) is 0 Å². The Balaban J connectivity index is 3.79. The lowest BCUT2D eigenvalue weighted by Gasteiger charge is -2.15. The maximum absolute atomic E-state index is 11.8. The Kier molecular flexibility index (Phi) is 17.1. The smallest absolute Gasteiger partial charge is 0.326 e. The number of carbonyl (C=O) groups is 3. The number of nitrogens with one attached hydrogen (secondary N) is 4. The van der Waals surface area contributed by atoms with E-state index in [0.29, 0.717) is 38.9 Å². The number of carboxylic acid groups (broad SMARTS) is 1. The topological polar surface area (TPSA) is 120 Å². The average Bonchev–Trinajstić information content (AvgIpc) is 2.66. The van der Waals surface area contributed by atoms with Crippen LogP contribution in [-0.2, 0) is 4.79 Å². The van der Waals surface area contributed by atoms with Gasteiger partial charge in [0.05, 0.1) is 0 Å². The first kappa shape index (κ1) is 26.0. The van der Waals surface area contributed by atoms with E-state index in [-0.39, 0.29) is 6.03 Å². The maximum atomic E-state index is 11.8. The third kappa shape index (κ3) is 16.2. The highest BCUT2D eigenvalue weighted by molar-refractivity contribution is 5.82. The summed E-state index contributed by atoms with van der Waals surface area (Å²) in [6.07, 6.45) is 10.2. The second-order valence-corrected chi connectivity index (χ2v) is 7.09. The first-order valence-electron chi connectivity index (χ1n) is 10.8. The number of carbonyl (C=O) groups excluding carboxylic acids is 2. The van der Waals surface area contributed by atoms with E-state index < -0.39 is 18.0 Å². The fourth-order valence-electron chi connectivity index (χ4n) is 2.71. The molecule has 0 unspecified atom stereocenters. The maximum Gasteiger partial charge on any atom is 0.326 e. The first-order chi connectivity index (χ1) is 13.5. The van der Waals surface area contributed by atoms with Crippen LogP contribution in [0.1, 0.15) is 84.5 Å². The molecule has 4 amide bonds. The van der Waals surface area contributed by atoms with E-state index in [9.17, 15) is 19.5 Å². The summed E-state index contributed by atoms with van der Waals surface area (Å²) in [6.45, 7) is 5.97. The summed E-state index contributed by atoms with van der Waals surface area (Å²) in [6, 6.07) is -1.54. The fourth-order valence-corrected chi connectivity index (χ4v) is 2.71. The summed E-state index contributed by atoms with van der Waals surface area (Å²) in [5.74, 6) is -1.04. The Morgan fingerprint density at radius 3 is 1.61 bits per heavy atom. The van der Waals surface area contributed by atoms with Gasteiger partial charge in [-0.1, -0.05) is 52.4 Å². The molecule has 0 bridgehead atoms. The Bertz CT molecular complexity index is 432. The Morgan fingerprint density at radius 2 is 1.14 bits per heavy atom. The minimum absolute atomic E-state index is 0.188. The van der Waals surface area contributed by atoms with E-state index in [1.807, 2.05) is 0 Å². The Labute approximate surface area is 169 Å². The van der Waals surface area contributed by atoms with E-state index in [2.05, 4.69) is 35.1 Å². The molecule has 5 N–H and O–H groups in total. The minimum atomic E-state index is -1.04. The van der Waals surface area contributed by atoms with Gasteiger partial charge < -0.3 is 26.4 Å². The molecule has 0 aliphatic carbocycles. The van der Waals surface area contributed by atoms with E-state index in [1.165, 1.54) is 12.8 Å². The highest BCUT2D eigenvalue weighted by Crippen LogP contribution is 2.02. The molecule has 0 aliphatic rings. The molecule has 0 rings (SSSR count). The van der Waals surface area contributed by atoms with Crippen LogP contribution in [0.2, 0.25) is 0 Å². The van der Waals surface area contributed by atoms with E-state index >= 15 is 0 Å². The average molecular weight is 401 g/mol. The number of hydrogen-bond donors (Lipinski definition) is 5. The summed E-state index contributed by atoms with van der Waals surface area (Å²) >= 11 is 0. The zero-order valence-corrected chi connectivity index (χ0v) is 17.6. The van der Waals surface area contributed by atoms with Crippen LogP contribution < -0.4 is 21.3 Å². The molecule has 0 aromatic rings. The molecular weight excluding hydrogens is 360 g/mol. The van der Waals surface area contributed by atoms with Crippen LogP contribution in [0.3, 0.4) is 0 Å². The molecule has 8 nitrogen and oxygen atoms in total. The van der Waals surface area contributed by atoms with Crippen LogP contribution in [0.4, 0.5) is 9.59 Å². The highest BCUT2D eigenvalue weighted by Gasteiger charge is 2.19. The predicted molar refractivity (Wildman–Crippen MR) is 111 cm³/mol. The summed E-state index contributed by atoms with van der Waals surface area (Å²) in [4.78, 5) is 34.7. The number of hydrogen-bond acceptors (Lipinski definition) is 3. The van der Waals surface area contributed by atoms with Gasteiger partial charge in [-0.25, -0.2) is 14.4 Å². The van der Waals surface area contributed by atoms with Crippen molar-refractivity contribution in [2.24, 2.45) is 0 Å². The zero-order valence-electron chi connectivity index (χ0n) is 17.6. The number of urea groups is 2. The largest absolute Gasteiger partial charge is 0.480 e. The van der Waals surface area contributed by atoms with Crippen LogP contribution in [0.25, 0.3) is 0 Å². The predicted octanol–water partition coefficient (Wildman–Crippen LogP) is 3.37. The highest BCUT2D eigenvalue weighted by atomic mass is 16.4. The molecule has 0 spiro atoms. The normalized spacial score (nSPS) is 11.5. The molecule has 0 aromatic carbocycles. The van der Waals surface area contributed by atoms with Gasteiger partial charge in [0.1, 0.15) is 6.04 Å². The molecule has 28 heavy (non-hydrogen) atoms. The summed E-state index contributed by atoms with van der Waals surface area (Å²) in [5.41, 5.74) is 0. The van der Waals surface area contributed by atoms with Crippen molar-refractivity contribution >= 4 is 18.0 Å². The quantitative estimate of drug-likeness (QED) is 0.240. The van der Waals surface area contributed by atoms with Crippen LogP contribution in [0, 0.1) is 0 Å². The summed E-state index contributed by atoms with van der Waals surface area (Å²) in [7, 11) is 0.